The fourth-order valence-corrected chi connectivity index (χ4v) is 1.98. The van der Waals surface area contributed by atoms with Crippen molar-refractivity contribution < 1.29 is 4.79 Å². The lowest BCUT2D eigenvalue weighted by atomic mass is 10.2. The van der Waals surface area contributed by atoms with E-state index in [-0.39, 0.29) is 11.3 Å². The molecule has 0 aromatic carbocycles. The van der Waals surface area contributed by atoms with Gasteiger partial charge in [-0.05, 0) is 5.41 Å². The molecule has 0 N–H and O–H groups in total. The Bertz CT molecular complexity index is 199. The van der Waals surface area contributed by atoms with Crippen LogP contribution < -0.4 is 0 Å². The van der Waals surface area contributed by atoms with E-state index in [1.165, 1.54) is 4.90 Å². The molecule has 0 aliphatic carbocycles. The molecule has 45 valence electrons. The minimum absolute atomic E-state index is 0.0891. The Morgan fingerprint density at radius 1 is 1.89 bits per heavy atom. The Morgan fingerprint density at radius 2 is 2.67 bits per heavy atom. The first-order valence-electron chi connectivity index (χ1n) is 2.68. The molecule has 2 aliphatic heterocycles. The first-order valence-corrected chi connectivity index (χ1v) is 3.62. The molecule has 3 heteroatoms. The number of carbonyl (C=O) groups excluding carboxylic acids is 1. The molecule has 2 heterocycles. The molecule has 2 rings (SSSR count). The van der Waals surface area contributed by atoms with Crippen LogP contribution in [0.15, 0.2) is 11.1 Å². The smallest absolute Gasteiger partial charge is 0.230 e. The standard InChI is InChI=1S/C6H4NOS/c1-4-3-9-6-2-5(8)7(4)6/h3,6H,2H2/t6-/m1/s1. The molecule has 0 aromatic rings. The summed E-state index contributed by atoms with van der Waals surface area (Å²) < 4.78 is 0. The van der Waals surface area contributed by atoms with E-state index < -0.39 is 0 Å². The zero-order valence-corrected chi connectivity index (χ0v) is 5.44. The van der Waals surface area contributed by atoms with Gasteiger partial charge in [0.15, 0.2) is 0 Å². The Labute approximate surface area is 57.9 Å². The molecule has 9 heavy (non-hydrogen) atoms. The van der Waals surface area contributed by atoms with Crippen LogP contribution in [-0.4, -0.2) is 16.2 Å². The second kappa shape index (κ2) is 1.53. The van der Waals surface area contributed by atoms with E-state index in [4.69, 9.17) is 6.92 Å². The lowest BCUT2D eigenvalue weighted by Gasteiger charge is -2.34. The van der Waals surface area contributed by atoms with Crippen LogP contribution in [0.1, 0.15) is 6.42 Å². The van der Waals surface area contributed by atoms with Gasteiger partial charge in [0.25, 0.3) is 0 Å². The highest BCUT2D eigenvalue weighted by Crippen LogP contribution is 2.39. The normalized spacial score (nSPS) is 31.7. The van der Waals surface area contributed by atoms with Crippen molar-refractivity contribution >= 4 is 17.7 Å². The molecule has 0 spiro atoms. The number of allylic oxidation sites excluding steroid dienone is 1. The van der Waals surface area contributed by atoms with Crippen LogP contribution in [0.5, 0.6) is 0 Å². The number of carbonyl (C=O) groups is 1. The molecule has 0 aromatic heterocycles. The van der Waals surface area contributed by atoms with Crippen LogP contribution in [-0.2, 0) is 4.79 Å². The van der Waals surface area contributed by atoms with Gasteiger partial charge in [0, 0.05) is 5.70 Å². The predicted molar refractivity (Wildman–Crippen MR) is 34.2 cm³/mol. The summed E-state index contributed by atoms with van der Waals surface area (Å²) in [6.45, 7) is 7.20. The van der Waals surface area contributed by atoms with Crippen LogP contribution in [0.25, 0.3) is 0 Å². The number of hydrogen-bond donors (Lipinski definition) is 0. The third-order valence-corrected chi connectivity index (χ3v) is 2.55. The van der Waals surface area contributed by atoms with Gasteiger partial charge < -0.3 is 4.90 Å². The minimum Gasteiger partial charge on any atom is -0.302 e. The summed E-state index contributed by atoms with van der Waals surface area (Å²) in [5.41, 5.74) is 0.362. The lowest BCUT2D eigenvalue weighted by Crippen LogP contribution is -2.46. The van der Waals surface area contributed by atoms with Crippen molar-refractivity contribution in [1.82, 2.24) is 4.90 Å². The quantitative estimate of drug-likeness (QED) is 0.460. The minimum atomic E-state index is 0.0891. The molecule has 1 amide bonds. The fraction of sp³-hybridized carbons (Fsp3) is 0.333. The molecule has 2 nitrogen and oxygen atoms in total. The first-order chi connectivity index (χ1) is 4.29. The maximum absolute atomic E-state index is 10.7. The summed E-state index contributed by atoms with van der Waals surface area (Å²) in [7, 11) is 0. The molecule has 3 radical (unpaired) electrons. The van der Waals surface area contributed by atoms with Gasteiger partial charge in [-0.25, -0.2) is 0 Å². The van der Waals surface area contributed by atoms with Gasteiger partial charge in [-0.2, -0.15) is 0 Å². The van der Waals surface area contributed by atoms with E-state index in [1.54, 1.807) is 17.2 Å². The fourth-order valence-electron chi connectivity index (χ4n) is 0.985. The highest BCUT2D eigenvalue weighted by molar-refractivity contribution is 8.03. The third kappa shape index (κ3) is 0.553. The average Bonchev–Trinajstić information content (AvgIpc) is 2.04. The Kier molecular flexibility index (Phi) is 0.913. The van der Waals surface area contributed by atoms with Gasteiger partial charge in [-0.3, -0.25) is 4.79 Å². The maximum Gasteiger partial charge on any atom is 0.230 e. The molecular weight excluding hydrogens is 134 g/mol. The van der Waals surface area contributed by atoms with Crippen molar-refractivity contribution in [2.45, 2.75) is 11.8 Å². The average molecular weight is 138 g/mol. The van der Waals surface area contributed by atoms with Crippen molar-refractivity contribution in [1.29, 1.82) is 0 Å². The largest absolute Gasteiger partial charge is 0.302 e. The highest BCUT2D eigenvalue weighted by Gasteiger charge is 2.40. The molecule has 0 saturated carbocycles. The van der Waals surface area contributed by atoms with Crippen LogP contribution in [0.3, 0.4) is 0 Å². The Balaban J connectivity index is 2.24. The second-order valence-corrected chi connectivity index (χ2v) is 3.11. The van der Waals surface area contributed by atoms with E-state index in [9.17, 15) is 4.79 Å². The zero-order chi connectivity index (χ0) is 6.43. The Hall–Kier alpha value is -0.440. The molecule has 1 saturated heterocycles. The van der Waals surface area contributed by atoms with Crippen LogP contribution in [0, 0.1) is 6.92 Å². The third-order valence-electron chi connectivity index (χ3n) is 1.50. The summed E-state index contributed by atoms with van der Waals surface area (Å²) in [5, 5.41) is 1.99. The number of amides is 1. The number of nitrogens with zero attached hydrogens (tertiary/aromatic N) is 1. The van der Waals surface area contributed by atoms with Crippen molar-refractivity contribution in [2.75, 3.05) is 0 Å². The van der Waals surface area contributed by atoms with Gasteiger partial charge in [-0.1, -0.05) is 0 Å². The summed E-state index contributed by atoms with van der Waals surface area (Å²) in [5.74, 6) is 0.0891. The maximum atomic E-state index is 10.7. The predicted octanol–water partition coefficient (Wildman–Crippen LogP) is 0.721. The van der Waals surface area contributed by atoms with Gasteiger partial charge in [-0.15, -0.1) is 11.8 Å². The second-order valence-electron chi connectivity index (χ2n) is 2.06. The van der Waals surface area contributed by atoms with Crippen molar-refractivity contribution in [3.8, 4) is 0 Å². The van der Waals surface area contributed by atoms with Crippen LogP contribution in [0.4, 0.5) is 0 Å². The SMILES string of the molecule is [C]C1=CS[C@@H]2CC(=O)N12. The highest BCUT2D eigenvalue weighted by atomic mass is 32.2. The number of rotatable bonds is 0. The van der Waals surface area contributed by atoms with E-state index in [0.717, 1.165) is 0 Å². The number of fused-ring (bicyclic) bond motifs is 1. The summed E-state index contributed by atoms with van der Waals surface area (Å²) in [6, 6.07) is 0. The molecule has 1 atom stereocenters. The van der Waals surface area contributed by atoms with Gasteiger partial charge >= 0.3 is 0 Å². The molecular formula is C6H4NOS. The van der Waals surface area contributed by atoms with Crippen LogP contribution in [0.2, 0.25) is 0 Å². The van der Waals surface area contributed by atoms with Gasteiger partial charge in [0.1, 0.15) is 0 Å². The van der Waals surface area contributed by atoms with Crippen molar-refractivity contribution in [3.05, 3.63) is 18.0 Å². The van der Waals surface area contributed by atoms with Gasteiger partial charge in [0.05, 0.1) is 18.7 Å². The zero-order valence-electron chi connectivity index (χ0n) is 4.63. The summed E-state index contributed by atoms with van der Waals surface area (Å²) in [6.07, 6.45) is 0.615. The van der Waals surface area contributed by atoms with E-state index in [1.807, 2.05) is 0 Å². The van der Waals surface area contributed by atoms with E-state index >= 15 is 0 Å². The van der Waals surface area contributed by atoms with E-state index in [2.05, 4.69) is 0 Å². The summed E-state index contributed by atoms with van der Waals surface area (Å²) in [4.78, 5) is 12.2. The molecule has 0 bridgehead atoms. The van der Waals surface area contributed by atoms with Crippen molar-refractivity contribution in [3.63, 3.8) is 0 Å². The van der Waals surface area contributed by atoms with Gasteiger partial charge in [0.2, 0.25) is 5.91 Å². The molecule has 1 fully saturated rings. The monoisotopic (exact) mass is 138 g/mol. The lowest BCUT2D eigenvalue weighted by molar-refractivity contribution is -0.137. The number of thioether (sulfide) groups is 1. The first kappa shape index (κ1) is 5.35. The molecule has 0 unspecified atom stereocenters. The van der Waals surface area contributed by atoms with Crippen LogP contribution >= 0.6 is 11.8 Å². The number of β-lactam (4-membered cyclic amide) rings is 1. The Morgan fingerprint density at radius 3 is 3.11 bits per heavy atom. The number of hydrogen-bond acceptors (Lipinski definition) is 2. The topological polar surface area (TPSA) is 20.3 Å². The molecule has 2 aliphatic rings. The van der Waals surface area contributed by atoms with Crippen molar-refractivity contribution in [2.24, 2.45) is 0 Å². The van der Waals surface area contributed by atoms with E-state index in [0.29, 0.717) is 12.1 Å². The summed E-state index contributed by atoms with van der Waals surface area (Å²) >= 11 is 1.56.